The van der Waals surface area contributed by atoms with Gasteiger partial charge in [0.15, 0.2) is 15.7 Å². The normalized spacial score (nSPS) is 18.5. The topological polar surface area (TPSA) is 151 Å². The van der Waals surface area contributed by atoms with Crippen molar-refractivity contribution < 1.29 is 18.0 Å². The molecule has 1 N–H and O–H groups in total. The first-order valence-corrected chi connectivity index (χ1v) is 11.2. The molecule has 2 heterocycles. The van der Waals surface area contributed by atoms with Crippen molar-refractivity contribution >= 4 is 21.8 Å². The van der Waals surface area contributed by atoms with Gasteiger partial charge in [-0.25, -0.2) is 13.2 Å². The highest BCUT2D eigenvalue weighted by Gasteiger charge is 2.49. The zero-order valence-corrected chi connectivity index (χ0v) is 17.9. The lowest BCUT2D eigenvalue weighted by Gasteiger charge is -2.22. The maximum absolute atomic E-state index is 13.2. The molecule has 32 heavy (non-hydrogen) atoms. The summed E-state index contributed by atoms with van der Waals surface area (Å²) in [4.78, 5) is 27.0. The van der Waals surface area contributed by atoms with E-state index in [0.717, 1.165) is 11.2 Å². The Balaban J connectivity index is 1.62. The van der Waals surface area contributed by atoms with Crippen LogP contribution in [-0.2, 0) is 26.7 Å². The van der Waals surface area contributed by atoms with Gasteiger partial charge in [-0.2, -0.15) is 9.94 Å². The molecule has 1 fully saturated rings. The van der Waals surface area contributed by atoms with Crippen LogP contribution in [0, 0.1) is 11.3 Å². The standard InChI is InChI=1S/C20H17N7O4S/c1-20(14-5-3-4-13(10-14)11-21)18(28)26(19(29)22-20)12-17-23-24-25-27(17)15-6-8-16(9-7-15)32(2,30)31/h3-10H,12H2,1-2H3,(H,22,29). The third kappa shape index (κ3) is 3.58. The molecule has 0 bridgehead atoms. The number of hydrogen-bond acceptors (Lipinski definition) is 8. The van der Waals surface area contributed by atoms with E-state index in [-0.39, 0.29) is 17.3 Å². The SMILES string of the molecule is CC1(c2cccc(C#N)c2)NC(=O)N(Cc2nnnn2-c2ccc(S(C)(=O)=O)cc2)C1=O. The average Bonchev–Trinajstić information content (AvgIpc) is 3.32. The van der Waals surface area contributed by atoms with Gasteiger partial charge >= 0.3 is 6.03 Å². The number of tetrazole rings is 1. The summed E-state index contributed by atoms with van der Waals surface area (Å²) < 4.78 is 24.6. The molecule has 4 rings (SSSR count). The molecular formula is C20H17N7O4S. The Morgan fingerprint density at radius 2 is 1.88 bits per heavy atom. The Labute approximate surface area is 183 Å². The van der Waals surface area contributed by atoms with Crippen LogP contribution in [-0.4, -0.2) is 51.7 Å². The van der Waals surface area contributed by atoms with Crippen LogP contribution in [0.25, 0.3) is 5.69 Å². The third-order valence-corrected chi connectivity index (χ3v) is 6.32. The van der Waals surface area contributed by atoms with Crippen molar-refractivity contribution in [2.24, 2.45) is 0 Å². The van der Waals surface area contributed by atoms with E-state index in [0.29, 0.717) is 16.8 Å². The Morgan fingerprint density at radius 1 is 1.16 bits per heavy atom. The molecule has 12 heteroatoms. The molecule has 1 atom stereocenters. The fourth-order valence-electron chi connectivity index (χ4n) is 3.42. The predicted octanol–water partition coefficient (Wildman–Crippen LogP) is 0.905. The van der Waals surface area contributed by atoms with Gasteiger partial charge in [0.2, 0.25) is 0 Å². The van der Waals surface area contributed by atoms with Crippen LogP contribution in [0.4, 0.5) is 4.79 Å². The van der Waals surface area contributed by atoms with Crippen LogP contribution >= 0.6 is 0 Å². The molecule has 11 nitrogen and oxygen atoms in total. The molecule has 2 aromatic carbocycles. The minimum Gasteiger partial charge on any atom is -0.319 e. The number of benzene rings is 2. The first kappa shape index (κ1) is 21.1. The van der Waals surface area contributed by atoms with Crippen molar-refractivity contribution in [2.45, 2.75) is 23.9 Å². The number of nitrogens with one attached hydrogen (secondary N) is 1. The first-order chi connectivity index (χ1) is 15.1. The van der Waals surface area contributed by atoms with Gasteiger partial charge in [0.25, 0.3) is 5.91 Å². The predicted molar refractivity (Wildman–Crippen MR) is 110 cm³/mol. The highest BCUT2D eigenvalue weighted by Crippen LogP contribution is 2.30. The summed E-state index contributed by atoms with van der Waals surface area (Å²) in [5.74, 6) is -0.310. The number of carbonyl (C=O) groups excluding carboxylic acids is 2. The van der Waals surface area contributed by atoms with Crippen LogP contribution in [0.1, 0.15) is 23.9 Å². The lowest BCUT2D eigenvalue weighted by molar-refractivity contribution is -0.131. The third-order valence-electron chi connectivity index (χ3n) is 5.19. The van der Waals surface area contributed by atoms with E-state index in [4.69, 9.17) is 5.26 Å². The summed E-state index contributed by atoms with van der Waals surface area (Å²) in [5.41, 5.74) is -0.0349. The van der Waals surface area contributed by atoms with Crippen molar-refractivity contribution in [1.82, 2.24) is 30.4 Å². The number of imide groups is 1. The zero-order valence-electron chi connectivity index (χ0n) is 17.1. The number of rotatable bonds is 5. The second-order valence-electron chi connectivity index (χ2n) is 7.41. The molecular weight excluding hydrogens is 434 g/mol. The van der Waals surface area contributed by atoms with E-state index in [1.165, 1.54) is 28.9 Å². The Morgan fingerprint density at radius 3 is 2.53 bits per heavy atom. The largest absolute Gasteiger partial charge is 0.325 e. The van der Waals surface area contributed by atoms with Crippen molar-refractivity contribution in [2.75, 3.05) is 6.26 Å². The summed E-state index contributed by atoms with van der Waals surface area (Å²) in [6.07, 6.45) is 1.10. The van der Waals surface area contributed by atoms with E-state index in [9.17, 15) is 18.0 Å². The maximum atomic E-state index is 13.2. The van der Waals surface area contributed by atoms with Gasteiger partial charge in [-0.05, 0) is 59.3 Å². The fraction of sp³-hybridized carbons (Fsp3) is 0.200. The zero-order chi connectivity index (χ0) is 23.1. The van der Waals surface area contributed by atoms with Crippen LogP contribution in [0.15, 0.2) is 53.4 Å². The Hall–Kier alpha value is -4.11. The highest BCUT2D eigenvalue weighted by molar-refractivity contribution is 7.90. The molecule has 1 saturated heterocycles. The summed E-state index contributed by atoms with van der Waals surface area (Å²) >= 11 is 0. The number of carbonyl (C=O) groups is 2. The van der Waals surface area contributed by atoms with E-state index in [1.807, 2.05) is 6.07 Å². The molecule has 0 spiro atoms. The van der Waals surface area contributed by atoms with Gasteiger partial charge in [-0.15, -0.1) is 5.10 Å². The lowest BCUT2D eigenvalue weighted by Crippen LogP contribution is -2.41. The number of hydrogen-bond donors (Lipinski definition) is 1. The lowest BCUT2D eigenvalue weighted by atomic mass is 9.91. The van der Waals surface area contributed by atoms with Crippen LogP contribution < -0.4 is 5.32 Å². The number of urea groups is 1. The second kappa shape index (κ2) is 7.54. The molecule has 1 aromatic heterocycles. The molecule has 3 aromatic rings. The molecule has 1 aliphatic heterocycles. The number of sulfone groups is 1. The van der Waals surface area contributed by atoms with E-state index >= 15 is 0 Å². The second-order valence-corrected chi connectivity index (χ2v) is 9.43. The molecule has 162 valence electrons. The fourth-order valence-corrected chi connectivity index (χ4v) is 4.05. The van der Waals surface area contributed by atoms with Gasteiger partial charge in [0.05, 0.1) is 28.8 Å². The van der Waals surface area contributed by atoms with Crippen molar-refractivity contribution in [3.05, 3.63) is 65.5 Å². The molecule has 0 radical (unpaired) electrons. The van der Waals surface area contributed by atoms with Crippen molar-refractivity contribution in [3.63, 3.8) is 0 Å². The number of nitrogens with zero attached hydrogens (tertiary/aromatic N) is 6. The smallest absolute Gasteiger partial charge is 0.319 e. The van der Waals surface area contributed by atoms with Crippen molar-refractivity contribution in [3.8, 4) is 11.8 Å². The summed E-state index contributed by atoms with van der Waals surface area (Å²) in [6.45, 7) is 1.36. The Kier molecular flexibility index (Phi) is 4.98. The van der Waals surface area contributed by atoms with E-state index < -0.39 is 27.3 Å². The molecule has 0 saturated carbocycles. The number of aromatic nitrogens is 4. The van der Waals surface area contributed by atoms with Crippen LogP contribution in [0.2, 0.25) is 0 Å². The average molecular weight is 451 g/mol. The molecule has 1 aliphatic rings. The first-order valence-electron chi connectivity index (χ1n) is 9.36. The summed E-state index contributed by atoms with van der Waals surface area (Å²) in [6, 6.07) is 13.7. The monoisotopic (exact) mass is 451 g/mol. The molecule has 3 amide bonds. The summed E-state index contributed by atoms with van der Waals surface area (Å²) in [7, 11) is -3.36. The number of nitriles is 1. The van der Waals surface area contributed by atoms with E-state index in [1.54, 1.807) is 31.2 Å². The quantitative estimate of drug-likeness (QED) is 0.562. The van der Waals surface area contributed by atoms with Crippen LogP contribution in [0.3, 0.4) is 0 Å². The molecule has 1 unspecified atom stereocenters. The number of amides is 3. The van der Waals surface area contributed by atoms with Crippen molar-refractivity contribution in [1.29, 1.82) is 5.26 Å². The van der Waals surface area contributed by atoms with Gasteiger partial charge in [0, 0.05) is 6.26 Å². The maximum Gasteiger partial charge on any atom is 0.325 e. The van der Waals surface area contributed by atoms with Crippen LogP contribution in [0.5, 0.6) is 0 Å². The highest BCUT2D eigenvalue weighted by atomic mass is 32.2. The minimum absolute atomic E-state index is 0.139. The van der Waals surface area contributed by atoms with E-state index in [2.05, 4.69) is 20.8 Å². The minimum atomic E-state index is -3.36. The van der Waals surface area contributed by atoms with Gasteiger partial charge < -0.3 is 5.32 Å². The molecule has 0 aliphatic carbocycles. The summed E-state index contributed by atoms with van der Waals surface area (Å²) in [5, 5.41) is 23.2. The Bertz CT molecular complexity index is 1380. The van der Waals surface area contributed by atoms with Gasteiger partial charge in [-0.3, -0.25) is 9.69 Å². The van der Waals surface area contributed by atoms with Gasteiger partial charge in [-0.1, -0.05) is 12.1 Å². The van der Waals surface area contributed by atoms with Gasteiger partial charge in [0.1, 0.15) is 5.54 Å².